The molecule has 0 amide bonds. The van der Waals surface area contributed by atoms with Gasteiger partial charge in [-0.05, 0) is 31.5 Å². The second-order valence-corrected chi connectivity index (χ2v) is 4.04. The first-order chi connectivity index (χ1) is 8.52. The smallest absolute Gasteiger partial charge is 0.280 e. The minimum absolute atomic E-state index is 0.242. The van der Waals surface area contributed by atoms with Crippen LogP contribution in [-0.4, -0.2) is 11.5 Å². The van der Waals surface area contributed by atoms with E-state index in [9.17, 15) is 13.2 Å². The fourth-order valence-electron chi connectivity index (χ4n) is 1.82. The van der Waals surface area contributed by atoms with Crippen molar-refractivity contribution in [1.29, 1.82) is 0 Å². The van der Waals surface area contributed by atoms with Crippen molar-refractivity contribution < 1.29 is 13.2 Å². The zero-order chi connectivity index (χ0) is 13.3. The van der Waals surface area contributed by atoms with E-state index in [1.165, 1.54) is 12.1 Å². The highest BCUT2D eigenvalue weighted by Gasteiger charge is 2.14. The summed E-state index contributed by atoms with van der Waals surface area (Å²) in [6.45, 7) is 4.09. The van der Waals surface area contributed by atoms with Gasteiger partial charge in [0.15, 0.2) is 0 Å². The molecule has 1 N–H and O–H groups in total. The lowest BCUT2D eigenvalue weighted by Gasteiger charge is -2.11. The van der Waals surface area contributed by atoms with E-state index in [0.717, 1.165) is 0 Å². The number of hydrogen-bond donors (Lipinski definition) is 1. The van der Waals surface area contributed by atoms with Gasteiger partial charge in [-0.25, -0.2) is 18.2 Å². The Bertz CT molecular complexity index is 582. The molecule has 0 radical (unpaired) electrons. The Morgan fingerprint density at radius 1 is 1.28 bits per heavy atom. The Labute approximate surface area is 103 Å². The van der Waals surface area contributed by atoms with Gasteiger partial charge in [-0.15, -0.1) is 0 Å². The third-order valence-electron chi connectivity index (χ3n) is 2.70. The zero-order valence-electron chi connectivity index (χ0n) is 10.1. The molecule has 0 atom stereocenters. The van der Waals surface area contributed by atoms with Gasteiger partial charge in [0.2, 0.25) is 0 Å². The lowest BCUT2D eigenvalue weighted by atomic mass is 10.1. The highest BCUT2D eigenvalue weighted by atomic mass is 19.3. The van der Waals surface area contributed by atoms with E-state index < -0.39 is 12.2 Å². The van der Waals surface area contributed by atoms with E-state index in [0.29, 0.717) is 23.2 Å². The predicted octanol–water partition coefficient (Wildman–Crippen LogP) is 4.05. The first kappa shape index (κ1) is 12.7. The van der Waals surface area contributed by atoms with Gasteiger partial charge in [-0.1, -0.05) is 0 Å². The van der Waals surface area contributed by atoms with E-state index in [1.807, 2.05) is 6.92 Å². The van der Waals surface area contributed by atoms with E-state index >= 15 is 0 Å². The largest absolute Gasteiger partial charge is 0.385 e. The van der Waals surface area contributed by atoms with Crippen LogP contribution in [0.25, 0.3) is 10.9 Å². The molecular formula is C13H13F3N2. The van der Waals surface area contributed by atoms with Crippen LogP contribution in [0.2, 0.25) is 0 Å². The fourth-order valence-corrected chi connectivity index (χ4v) is 1.82. The van der Waals surface area contributed by atoms with Crippen molar-refractivity contribution in [3.8, 4) is 0 Å². The van der Waals surface area contributed by atoms with Gasteiger partial charge in [0.05, 0.1) is 5.52 Å². The number of nitrogens with one attached hydrogen (secondary N) is 1. The summed E-state index contributed by atoms with van der Waals surface area (Å²) in [6, 6.07) is 4.12. The topological polar surface area (TPSA) is 24.9 Å². The lowest BCUT2D eigenvalue weighted by Crippen LogP contribution is -2.01. The van der Waals surface area contributed by atoms with Crippen molar-refractivity contribution in [2.75, 3.05) is 11.9 Å². The van der Waals surface area contributed by atoms with E-state index in [-0.39, 0.29) is 11.2 Å². The number of hydrogen-bond acceptors (Lipinski definition) is 2. The molecule has 1 aromatic carbocycles. The summed E-state index contributed by atoms with van der Waals surface area (Å²) in [5.74, 6) is -0.441. The molecule has 2 nitrogen and oxygen atoms in total. The summed E-state index contributed by atoms with van der Waals surface area (Å²) in [6.07, 6.45) is -2.67. The maximum atomic E-state index is 13.5. The molecule has 18 heavy (non-hydrogen) atoms. The average Bonchev–Trinajstić information content (AvgIpc) is 2.31. The van der Waals surface area contributed by atoms with Crippen LogP contribution in [0.1, 0.15) is 24.6 Å². The molecule has 2 rings (SSSR count). The van der Waals surface area contributed by atoms with Gasteiger partial charge in [0, 0.05) is 23.7 Å². The van der Waals surface area contributed by atoms with Crippen LogP contribution in [0.4, 0.5) is 18.9 Å². The molecular weight excluding hydrogens is 241 g/mol. The molecule has 0 aliphatic carbocycles. The first-order valence-electron chi connectivity index (χ1n) is 5.65. The Morgan fingerprint density at radius 3 is 2.61 bits per heavy atom. The van der Waals surface area contributed by atoms with Gasteiger partial charge < -0.3 is 5.32 Å². The summed E-state index contributed by atoms with van der Waals surface area (Å²) in [7, 11) is 0. The molecule has 0 aliphatic rings. The minimum Gasteiger partial charge on any atom is -0.385 e. The quantitative estimate of drug-likeness (QED) is 0.893. The summed E-state index contributed by atoms with van der Waals surface area (Å²) >= 11 is 0. The van der Waals surface area contributed by atoms with Crippen LogP contribution >= 0.6 is 0 Å². The van der Waals surface area contributed by atoms with Crippen LogP contribution in [0.5, 0.6) is 0 Å². The second-order valence-electron chi connectivity index (χ2n) is 4.04. The average molecular weight is 254 g/mol. The predicted molar refractivity (Wildman–Crippen MR) is 65.6 cm³/mol. The van der Waals surface area contributed by atoms with Crippen LogP contribution in [0.15, 0.2) is 18.2 Å². The monoisotopic (exact) mass is 254 g/mol. The second kappa shape index (κ2) is 4.84. The number of benzene rings is 1. The van der Waals surface area contributed by atoms with Crippen molar-refractivity contribution in [2.24, 2.45) is 0 Å². The summed E-state index contributed by atoms with van der Waals surface area (Å²) in [5.41, 5.74) is 0.919. The van der Waals surface area contributed by atoms with Gasteiger partial charge in [0.25, 0.3) is 6.43 Å². The third kappa shape index (κ3) is 2.25. The molecule has 0 saturated heterocycles. The lowest BCUT2D eigenvalue weighted by molar-refractivity contribution is 0.146. The molecule has 2 aromatic rings. The molecule has 1 aromatic heterocycles. The summed E-state index contributed by atoms with van der Waals surface area (Å²) < 4.78 is 38.9. The number of anilines is 1. The number of fused-ring (bicyclic) bond motifs is 1. The van der Waals surface area contributed by atoms with Crippen molar-refractivity contribution in [3.05, 3.63) is 35.3 Å². The van der Waals surface area contributed by atoms with Gasteiger partial charge in [-0.3, -0.25) is 0 Å². The Balaban J connectivity index is 2.72. The number of aromatic nitrogens is 1. The van der Waals surface area contributed by atoms with Gasteiger partial charge in [0.1, 0.15) is 11.5 Å². The highest BCUT2D eigenvalue weighted by molar-refractivity contribution is 5.92. The number of halogens is 3. The van der Waals surface area contributed by atoms with Crippen LogP contribution in [0.3, 0.4) is 0 Å². The maximum Gasteiger partial charge on any atom is 0.280 e. The third-order valence-corrected chi connectivity index (χ3v) is 2.70. The van der Waals surface area contributed by atoms with Crippen LogP contribution < -0.4 is 5.32 Å². The molecule has 0 bridgehead atoms. The first-order valence-corrected chi connectivity index (χ1v) is 5.65. The molecule has 0 spiro atoms. The van der Waals surface area contributed by atoms with E-state index in [1.54, 1.807) is 13.0 Å². The fraction of sp³-hybridized carbons (Fsp3) is 0.308. The molecule has 96 valence electrons. The van der Waals surface area contributed by atoms with Crippen molar-refractivity contribution >= 4 is 16.6 Å². The molecule has 0 fully saturated rings. The molecule has 0 aliphatic heterocycles. The van der Waals surface area contributed by atoms with Crippen LogP contribution in [-0.2, 0) is 0 Å². The van der Waals surface area contributed by atoms with Gasteiger partial charge in [-0.2, -0.15) is 0 Å². The summed E-state index contributed by atoms with van der Waals surface area (Å²) in [5, 5.41) is 3.65. The Morgan fingerprint density at radius 2 is 2.00 bits per heavy atom. The normalized spacial score (nSPS) is 11.2. The molecule has 0 unspecified atom stereocenters. The standard InChI is InChI=1S/C13H13F3N2/c1-3-17-10-6-12(13(15)16)18-11-5-9(14)7(2)4-8(10)11/h4-6,13H,3H2,1-2H3,(H,17,18). The molecule has 0 saturated carbocycles. The summed E-state index contributed by atoms with van der Waals surface area (Å²) in [4.78, 5) is 3.79. The van der Waals surface area contributed by atoms with Gasteiger partial charge >= 0.3 is 0 Å². The molecule has 5 heteroatoms. The number of alkyl halides is 2. The Kier molecular flexibility index (Phi) is 3.41. The highest BCUT2D eigenvalue weighted by Crippen LogP contribution is 2.29. The van der Waals surface area contributed by atoms with Crippen LogP contribution in [0, 0.1) is 12.7 Å². The van der Waals surface area contributed by atoms with E-state index in [4.69, 9.17) is 0 Å². The molecule has 1 heterocycles. The number of nitrogens with zero attached hydrogens (tertiary/aromatic N) is 1. The number of aryl methyl sites for hydroxylation is 1. The van der Waals surface area contributed by atoms with E-state index in [2.05, 4.69) is 10.3 Å². The zero-order valence-corrected chi connectivity index (χ0v) is 10.1. The minimum atomic E-state index is -2.67. The van der Waals surface area contributed by atoms with Crippen molar-refractivity contribution in [1.82, 2.24) is 4.98 Å². The Hall–Kier alpha value is -1.78. The maximum absolute atomic E-state index is 13.5. The SMILES string of the molecule is CCNc1cc(C(F)F)nc2cc(F)c(C)cc12. The van der Waals surface area contributed by atoms with Crippen molar-refractivity contribution in [3.63, 3.8) is 0 Å². The van der Waals surface area contributed by atoms with Crippen molar-refractivity contribution in [2.45, 2.75) is 20.3 Å². The number of rotatable bonds is 3. The number of pyridine rings is 1.